The van der Waals surface area contributed by atoms with Crippen LogP contribution in [-0.2, 0) is 6.42 Å². The number of para-hydroxylation sites is 2. The molecule has 2 aliphatic rings. The Hall–Kier alpha value is -2.72. The normalized spacial score (nSPS) is 16.2. The number of ether oxygens (including phenoxy) is 1. The Morgan fingerprint density at radius 3 is 2.62 bits per heavy atom. The third kappa shape index (κ3) is 2.86. The maximum absolute atomic E-state index is 6.16. The first kappa shape index (κ1) is 15.5. The summed E-state index contributed by atoms with van der Waals surface area (Å²) in [6.45, 7) is 0. The van der Waals surface area contributed by atoms with Gasteiger partial charge in [0.1, 0.15) is 11.5 Å². The van der Waals surface area contributed by atoms with E-state index in [-0.39, 0.29) is 0 Å². The molecule has 0 unspecified atom stereocenters. The third-order valence-corrected chi connectivity index (χ3v) is 5.82. The molecule has 0 saturated heterocycles. The molecule has 1 aliphatic heterocycles. The van der Waals surface area contributed by atoms with Crippen molar-refractivity contribution < 1.29 is 4.74 Å². The number of aryl methyl sites for hydroxylation is 1. The van der Waals surface area contributed by atoms with Gasteiger partial charge in [-0.3, -0.25) is 5.43 Å². The zero-order chi connectivity index (χ0) is 17.3. The molecule has 0 spiro atoms. The van der Waals surface area contributed by atoms with Gasteiger partial charge in [0.2, 0.25) is 0 Å². The molecule has 128 valence electrons. The molecule has 0 aromatic heterocycles. The quantitative estimate of drug-likeness (QED) is 0.440. The van der Waals surface area contributed by atoms with Gasteiger partial charge < -0.3 is 4.74 Å². The van der Waals surface area contributed by atoms with Crippen LogP contribution in [0.5, 0.6) is 11.5 Å². The first-order chi connectivity index (χ1) is 12.9. The van der Waals surface area contributed by atoms with Crippen LogP contribution in [-0.4, -0.2) is 5.71 Å². The summed E-state index contributed by atoms with van der Waals surface area (Å²) in [6.07, 6.45) is 3.20. The van der Waals surface area contributed by atoms with Gasteiger partial charge in [-0.05, 0) is 61.2 Å². The van der Waals surface area contributed by atoms with Crippen LogP contribution in [0.3, 0.4) is 0 Å². The van der Waals surface area contributed by atoms with Crippen LogP contribution in [0.1, 0.15) is 24.0 Å². The molecule has 0 amide bonds. The van der Waals surface area contributed by atoms with Crippen LogP contribution >= 0.6 is 11.8 Å². The van der Waals surface area contributed by atoms with Gasteiger partial charge in [0.05, 0.1) is 21.2 Å². The van der Waals surface area contributed by atoms with Gasteiger partial charge in [-0.15, -0.1) is 0 Å². The van der Waals surface area contributed by atoms with E-state index >= 15 is 0 Å². The van der Waals surface area contributed by atoms with Crippen molar-refractivity contribution in [1.82, 2.24) is 0 Å². The maximum atomic E-state index is 6.16. The van der Waals surface area contributed by atoms with Crippen molar-refractivity contribution in [2.75, 3.05) is 5.43 Å². The predicted molar refractivity (Wildman–Crippen MR) is 107 cm³/mol. The average Bonchev–Trinajstić information content (AvgIpc) is 2.70. The number of hydrogen-bond donors (Lipinski definition) is 1. The molecule has 1 aliphatic carbocycles. The summed E-state index contributed by atoms with van der Waals surface area (Å²) in [5, 5.41) is 4.69. The van der Waals surface area contributed by atoms with Gasteiger partial charge >= 0.3 is 0 Å². The van der Waals surface area contributed by atoms with E-state index in [4.69, 9.17) is 9.84 Å². The van der Waals surface area contributed by atoms with E-state index in [9.17, 15) is 0 Å². The van der Waals surface area contributed by atoms with Crippen molar-refractivity contribution in [2.24, 2.45) is 5.10 Å². The lowest BCUT2D eigenvalue weighted by atomic mass is 9.90. The molecule has 4 heteroatoms. The highest BCUT2D eigenvalue weighted by Crippen LogP contribution is 2.48. The van der Waals surface area contributed by atoms with Crippen LogP contribution in [0.25, 0.3) is 0 Å². The summed E-state index contributed by atoms with van der Waals surface area (Å²) < 4.78 is 6.16. The summed E-state index contributed by atoms with van der Waals surface area (Å²) >= 11 is 1.79. The molecular formula is C22H18N2OS. The number of rotatable bonds is 2. The average molecular weight is 358 g/mol. The molecule has 0 radical (unpaired) electrons. The molecule has 1 heterocycles. The van der Waals surface area contributed by atoms with Crippen LogP contribution in [0, 0.1) is 0 Å². The SMILES string of the molecule is c1ccc(N/N=C2/CCCc3cc4c(cc32)Oc2ccccc2S4)cc1. The summed E-state index contributed by atoms with van der Waals surface area (Å²) in [4.78, 5) is 2.37. The lowest BCUT2D eigenvalue weighted by Crippen LogP contribution is -2.14. The van der Waals surface area contributed by atoms with Crippen molar-refractivity contribution in [3.05, 3.63) is 77.9 Å². The minimum atomic E-state index is 0.932. The van der Waals surface area contributed by atoms with Crippen molar-refractivity contribution in [1.29, 1.82) is 0 Å². The van der Waals surface area contributed by atoms with Gasteiger partial charge in [0.25, 0.3) is 0 Å². The largest absolute Gasteiger partial charge is 0.455 e. The molecule has 0 fully saturated rings. The number of benzene rings is 3. The number of anilines is 1. The van der Waals surface area contributed by atoms with Crippen LogP contribution in [0.4, 0.5) is 5.69 Å². The highest BCUT2D eigenvalue weighted by molar-refractivity contribution is 7.99. The fraction of sp³-hybridized carbons (Fsp3) is 0.136. The van der Waals surface area contributed by atoms with E-state index < -0.39 is 0 Å². The predicted octanol–water partition coefficient (Wildman–Crippen LogP) is 6.10. The number of fused-ring (bicyclic) bond motifs is 3. The van der Waals surface area contributed by atoms with Gasteiger partial charge in [-0.1, -0.05) is 42.1 Å². The van der Waals surface area contributed by atoms with Crippen molar-refractivity contribution in [3.63, 3.8) is 0 Å². The zero-order valence-corrected chi connectivity index (χ0v) is 15.1. The standard InChI is InChI=1S/C22H18N2OS/c1-2-8-16(9-3-1)23-24-18-10-6-7-15-13-22-20(14-17(15)18)25-19-11-4-5-12-21(19)26-22/h1-5,8-9,11-14,23H,6-7,10H2/b24-18-. The first-order valence-corrected chi connectivity index (χ1v) is 9.68. The van der Waals surface area contributed by atoms with E-state index in [0.29, 0.717) is 0 Å². The van der Waals surface area contributed by atoms with E-state index in [0.717, 1.165) is 42.2 Å². The molecule has 3 nitrogen and oxygen atoms in total. The Balaban J connectivity index is 1.50. The summed E-state index contributed by atoms with van der Waals surface area (Å²) in [6, 6.07) is 22.7. The second-order valence-electron chi connectivity index (χ2n) is 6.50. The summed E-state index contributed by atoms with van der Waals surface area (Å²) in [5.41, 5.74) is 7.87. The smallest absolute Gasteiger partial charge is 0.142 e. The highest BCUT2D eigenvalue weighted by atomic mass is 32.2. The summed E-state index contributed by atoms with van der Waals surface area (Å²) in [7, 11) is 0. The lowest BCUT2D eigenvalue weighted by Gasteiger charge is -2.24. The van der Waals surface area contributed by atoms with Crippen LogP contribution in [0.15, 0.2) is 81.6 Å². The van der Waals surface area contributed by atoms with E-state index in [1.165, 1.54) is 20.9 Å². The van der Waals surface area contributed by atoms with Crippen LogP contribution < -0.4 is 10.2 Å². The van der Waals surface area contributed by atoms with Crippen molar-refractivity contribution >= 4 is 23.2 Å². The number of hydrogen-bond acceptors (Lipinski definition) is 4. The maximum Gasteiger partial charge on any atom is 0.142 e. The fourth-order valence-corrected chi connectivity index (χ4v) is 4.43. The van der Waals surface area contributed by atoms with E-state index in [1.807, 2.05) is 42.5 Å². The van der Waals surface area contributed by atoms with E-state index in [2.05, 4.69) is 29.7 Å². The molecule has 26 heavy (non-hydrogen) atoms. The molecule has 0 atom stereocenters. The third-order valence-electron chi connectivity index (χ3n) is 4.72. The van der Waals surface area contributed by atoms with Gasteiger partial charge in [0.15, 0.2) is 0 Å². The van der Waals surface area contributed by atoms with Crippen molar-refractivity contribution in [3.8, 4) is 11.5 Å². The fourth-order valence-electron chi connectivity index (χ4n) is 3.43. The van der Waals surface area contributed by atoms with Gasteiger partial charge in [-0.2, -0.15) is 5.10 Å². The van der Waals surface area contributed by atoms with Gasteiger partial charge in [0, 0.05) is 5.56 Å². The molecular weight excluding hydrogens is 340 g/mol. The summed E-state index contributed by atoms with van der Waals surface area (Å²) in [5.74, 6) is 1.86. The Morgan fingerprint density at radius 1 is 0.846 bits per heavy atom. The lowest BCUT2D eigenvalue weighted by molar-refractivity contribution is 0.454. The van der Waals surface area contributed by atoms with Crippen molar-refractivity contribution in [2.45, 2.75) is 29.1 Å². The minimum absolute atomic E-state index is 0.932. The zero-order valence-electron chi connectivity index (χ0n) is 14.2. The molecule has 3 aromatic carbocycles. The molecule has 5 rings (SSSR count). The molecule has 0 saturated carbocycles. The number of hydrazone groups is 1. The Labute approximate surface area is 157 Å². The van der Waals surface area contributed by atoms with Crippen LogP contribution in [0.2, 0.25) is 0 Å². The first-order valence-electron chi connectivity index (χ1n) is 8.86. The minimum Gasteiger partial charge on any atom is -0.455 e. The Morgan fingerprint density at radius 2 is 1.69 bits per heavy atom. The Kier molecular flexibility index (Phi) is 3.91. The highest BCUT2D eigenvalue weighted by Gasteiger charge is 2.23. The second-order valence-corrected chi connectivity index (χ2v) is 7.58. The van der Waals surface area contributed by atoms with Gasteiger partial charge in [-0.25, -0.2) is 0 Å². The topological polar surface area (TPSA) is 33.6 Å². The number of nitrogens with one attached hydrogen (secondary N) is 1. The molecule has 3 aromatic rings. The second kappa shape index (κ2) is 6.54. The Bertz CT molecular complexity index is 998. The molecule has 0 bridgehead atoms. The molecule has 1 N–H and O–H groups in total. The number of nitrogens with zero attached hydrogens (tertiary/aromatic N) is 1. The monoisotopic (exact) mass is 358 g/mol. The van der Waals surface area contributed by atoms with E-state index in [1.54, 1.807) is 11.8 Å².